The van der Waals surface area contributed by atoms with Gasteiger partial charge in [0.2, 0.25) is 5.95 Å². The molecule has 0 saturated carbocycles. The van der Waals surface area contributed by atoms with Crippen LogP contribution in [0.5, 0.6) is 0 Å². The molecule has 0 fully saturated rings. The van der Waals surface area contributed by atoms with Crippen molar-refractivity contribution in [3.8, 4) is 0 Å². The zero-order valence-corrected chi connectivity index (χ0v) is 9.46. The molecule has 2 heterocycles. The molecule has 0 aliphatic carbocycles. The van der Waals surface area contributed by atoms with E-state index in [1.54, 1.807) is 12.1 Å². The van der Waals surface area contributed by atoms with E-state index in [2.05, 4.69) is 20.6 Å². The van der Waals surface area contributed by atoms with Gasteiger partial charge in [0, 0.05) is 18.8 Å². The van der Waals surface area contributed by atoms with E-state index in [0.29, 0.717) is 30.3 Å². The molecule has 3 N–H and O–H groups in total. The second-order valence-corrected chi connectivity index (χ2v) is 4.08. The molecule has 0 bridgehead atoms. The van der Waals surface area contributed by atoms with Gasteiger partial charge in [0.15, 0.2) is 0 Å². The first-order valence-electron chi connectivity index (χ1n) is 5.58. The highest BCUT2D eigenvalue weighted by Gasteiger charge is 2.16. The Balaban J connectivity index is 1.94. The van der Waals surface area contributed by atoms with Gasteiger partial charge >= 0.3 is 0 Å². The molecule has 5 nitrogen and oxygen atoms in total. The predicted octanol–water partition coefficient (Wildman–Crippen LogP) is 1.26. The highest BCUT2D eigenvalue weighted by Crippen LogP contribution is 2.15. The lowest BCUT2D eigenvalue weighted by molar-refractivity contribution is 0.628. The smallest absolute Gasteiger partial charge is 0.257 e. The van der Waals surface area contributed by atoms with Crippen LogP contribution in [0.2, 0.25) is 0 Å². The number of aromatic amines is 1. The summed E-state index contributed by atoms with van der Waals surface area (Å²) in [5.41, 5.74) is 1.78. The average Bonchev–Trinajstić information content (AvgIpc) is 2.77. The third-order valence-corrected chi connectivity index (χ3v) is 2.78. The summed E-state index contributed by atoms with van der Waals surface area (Å²) in [7, 11) is 0. The lowest BCUT2D eigenvalue weighted by Gasteiger charge is -2.06. The van der Waals surface area contributed by atoms with Crippen LogP contribution < -0.4 is 16.2 Å². The number of fused-ring (bicyclic) bond motifs is 1. The average molecular weight is 246 g/mol. The Hall–Kier alpha value is -2.21. The molecule has 18 heavy (non-hydrogen) atoms. The molecular formula is C12H11FN4O. The van der Waals surface area contributed by atoms with Gasteiger partial charge in [-0.2, -0.15) is 0 Å². The van der Waals surface area contributed by atoms with Gasteiger partial charge in [-0.05, 0) is 18.2 Å². The summed E-state index contributed by atoms with van der Waals surface area (Å²) < 4.78 is 13.0. The molecule has 1 aliphatic heterocycles. The minimum atomic E-state index is -0.342. The van der Waals surface area contributed by atoms with E-state index < -0.39 is 0 Å². The van der Waals surface area contributed by atoms with E-state index in [-0.39, 0.29) is 11.4 Å². The van der Waals surface area contributed by atoms with Crippen molar-refractivity contribution in [3.63, 3.8) is 0 Å². The second kappa shape index (κ2) is 4.23. The molecule has 0 unspecified atom stereocenters. The highest BCUT2D eigenvalue weighted by atomic mass is 19.1. The zero-order chi connectivity index (χ0) is 12.5. The number of nitrogens with zero attached hydrogens (tertiary/aromatic N) is 1. The largest absolute Gasteiger partial charge is 0.326 e. The summed E-state index contributed by atoms with van der Waals surface area (Å²) in [6, 6.07) is 5.98. The second-order valence-electron chi connectivity index (χ2n) is 4.08. The Morgan fingerprint density at radius 3 is 3.06 bits per heavy atom. The zero-order valence-electron chi connectivity index (χ0n) is 9.46. The fraction of sp³-hybridized carbons (Fsp3) is 0.167. The molecule has 92 valence electrons. The van der Waals surface area contributed by atoms with Crippen LogP contribution in [0.25, 0.3) is 0 Å². The SMILES string of the molecule is O=c1[nH]c(Nc2cccc(F)c2)nc2c1CNC2. The van der Waals surface area contributed by atoms with Crippen LogP contribution in [0.3, 0.4) is 0 Å². The topological polar surface area (TPSA) is 69.8 Å². The summed E-state index contributed by atoms with van der Waals surface area (Å²) in [6.07, 6.45) is 0. The molecular weight excluding hydrogens is 235 g/mol. The molecule has 0 radical (unpaired) electrons. The lowest BCUT2D eigenvalue weighted by atomic mass is 10.3. The fourth-order valence-electron chi connectivity index (χ4n) is 1.94. The summed E-state index contributed by atoms with van der Waals surface area (Å²) in [6.45, 7) is 1.12. The van der Waals surface area contributed by atoms with Gasteiger partial charge in [0.05, 0.1) is 11.3 Å². The van der Waals surface area contributed by atoms with E-state index >= 15 is 0 Å². The van der Waals surface area contributed by atoms with Crippen molar-refractivity contribution < 1.29 is 4.39 Å². The number of nitrogens with one attached hydrogen (secondary N) is 3. The van der Waals surface area contributed by atoms with Crippen LogP contribution in [0, 0.1) is 5.82 Å². The Morgan fingerprint density at radius 2 is 2.22 bits per heavy atom. The standard InChI is InChI=1S/C12H11FN4O/c13-7-2-1-3-8(4-7)15-12-16-10-6-14-5-9(10)11(18)17-12/h1-4,14H,5-6H2,(H2,15,16,17,18). The van der Waals surface area contributed by atoms with Gasteiger partial charge in [-0.1, -0.05) is 6.07 Å². The Bertz CT molecular complexity index is 653. The van der Waals surface area contributed by atoms with Gasteiger partial charge in [-0.25, -0.2) is 9.37 Å². The van der Waals surface area contributed by atoms with E-state index in [0.717, 1.165) is 5.69 Å². The maximum atomic E-state index is 13.0. The summed E-state index contributed by atoms with van der Waals surface area (Å²) in [5, 5.41) is 5.94. The van der Waals surface area contributed by atoms with Crippen molar-refractivity contribution in [3.05, 3.63) is 51.7 Å². The Morgan fingerprint density at radius 1 is 1.33 bits per heavy atom. The normalized spacial score (nSPS) is 13.4. The molecule has 0 saturated heterocycles. The molecule has 0 atom stereocenters. The van der Waals surface area contributed by atoms with Crippen LogP contribution >= 0.6 is 0 Å². The summed E-state index contributed by atoms with van der Waals surface area (Å²) in [5.74, 6) is -0.0155. The van der Waals surface area contributed by atoms with Gasteiger partial charge in [0.1, 0.15) is 5.82 Å². The number of aromatic nitrogens is 2. The van der Waals surface area contributed by atoms with Crippen molar-refractivity contribution in [2.75, 3.05) is 5.32 Å². The van der Waals surface area contributed by atoms with Gasteiger partial charge in [-0.3, -0.25) is 9.78 Å². The molecule has 0 amide bonds. The molecule has 6 heteroatoms. The van der Waals surface area contributed by atoms with Crippen LogP contribution in [-0.2, 0) is 13.1 Å². The van der Waals surface area contributed by atoms with E-state index in [4.69, 9.17) is 0 Å². The van der Waals surface area contributed by atoms with Crippen molar-refractivity contribution in [2.24, 2.45) is 0 Å². The maximum Gasteiger partial charge on any atom is 0.257 e. The monoisotopic (exact) mass is 246 g/mol. The van der Waals surface area contributed by atoms with Crippen LogP contribution in [0.1, 0.15) is 11.3 Å². The molecule has 0 spiro atoms. The Kier molecular flexibility index (Phi) is 2.56. The number of H-pyrrole nitrogens is 1. The third-order valence-electron chi connectivity index (χ3n) is 2.78. The molecule has 1 aliphatic rings. The fourth-order valence-corrected chi connectivity index (χ4v) is 1.94. The minimum absolute atomic E-state index is 0.163. The highest BCUT2D eigenvalue weighted by molar-refractivity contribution is 5.53. The predicted molar refractivity (Wildman–Crippen MR) is 65.1 cm³/mol. The first-order valence-corrected chi connectivity index (χ1v) is 5.58. The number of benzene rings is 1. The number of halogens is 1. The van der Waals surface area contributed by atoms with Crippen molar-refractivity contribution in [1.29, 1.82) is 0 Å². The first kappa shape index (κ1) is 10.9. The van der Waals surface area contributed by atoms with Crippen LogP contribution in [0.4, 0.5) is 16.0 Å². The lowest BCUT2D eigenvalue weighted by Crippen LogP contribution is -2.16. The number of rotatable bonds is 2. The van der Waals surface area contributed by atoms with Crippen molar-refractivity contribution in [1.82, 2.24) is 15.3 Å². The van der Waals surface area contributed by atoms with E-state index in [1.165, 1.54) is 12.1 Å². The number of hydrogen-bond donors (Lipinski definition) is 3. The van der Waals surface area contributed by atoms with Crippen molar-refractivity contribution >= 4 is 11.6 Å². The van der Waals surface area contributed by atoms with Crippen LogP contribution in [-0.4, -0.2) is 9.97 Å². The van der Waals surface area contributed by atoms with E-state index in [1.807, 2.05) is 0 Å². The van der Waals surface area contributed by atoms with Gasteiger partial charge < -0.3 is 10.6 Å². The number of anilines is 2. The molecule has 1 aromatic carbocycles. The maximum absolute atomic E-state index is 13.0. The van der Waals surface area contributed by atoms with E-state index in [9.17, 15) is 9.18 Å². The Labute approximate surface area is 102 Å². The molecule has 2 aromatic rings. The van der Waals surface area contributed by atoms with Crippen molar-refractivity contribution in [2.45, 2.75) is 13.1 Å². The first-order chi connectivity index (χ1) is 8.72. The molecule has 1 aromatic heterocycles. The number of hydrogen-bond acceptors (Lipinski definition) is 4. The third kappa shape index (κ3) is 1.98. The molecule has 3 rings (SSSR count). The van der Waals surface area contributed by atoms with Gasteiger partial charge in [-0.15, -0.1) is 0 Å². The minimum Gasteiger partial charge on any atom is -0.326 e. The quantitative estimate of drug-likeness (QED) is 0.746. The summed E-state index contributed by atoms with van der Waals surface area (Å²) >= 11 is 0. The van der Waals surface area contributed by atoms with Crippen LogP contribution in [0.15, 0.2) is 29.1 Å². The summed E-state index contributed by atoms with van der Waals surface area (Å²) in [4.78, 5) is 18.7. The van der Waals surface area contributed by atoms with Gasteiger partial charge in [0.25, 0.3) is 5.56 Å².